The van der Waals surface area contributed by atoms with Gasteiger partial charge in [0.05, 0.1) is 26.0 Å². The van der Waals surface area contributed by atoms with Crippen LogP contribution in [0.25, 0.3) is 0 Å². The lowest BCUT2D eigenvalue weighted by molar-refractivity contribution is 0.0953. The van der Waals surface area contributed by atoms with Crippen molar-refractivity contribution >= 4 is 5.91 Å². The Labute approximate surface area is 169 Å². The van der Waals surface area contributed by atoms with E-state index in [2.05, 4.69) is 5.32 Å². The van der Waals surface area contributed by atoms with E-state index in [0.717, 1.165) is 11.3 Å². The largest absolute Gasteiger partial charge is 0.496 e. The third-order valence-corrected chi connectivity index (χ3v) is 4.40. The summed E-state index contributed by atoms with van der Waals surface area (Å²) in [4.78, 5) is 12.5. The van der Waals surface area contributed by atoms with Gasteiger partial charge in [0.1, 0.15) is 17.3 Å². The van der Waals surface area contributed by atoms with E-state index in [9.17, 15) is 4.79 Å². The summed E-state index contributed by atoms with van der Waals surface area (Å²) in [7, 11) is 3.12. The van der Waals surface area contributed by atoms with E-state index in [0.29, 0.717) is 41.5 Å². The molecule has 0 fully saturated rings. The van der Waals surface area contributed by atoms with Gasteiger partial charge in [0.25, 0.3) is 5.91 Å². The van der Waals surface area contributed by atoms with Crippen LogP contribution in [0.15, 0.2) is 59.2 Å². The molecule has 7 heteroatoms. The third-order valence-electron chi connectivity index (χ3n) is 4.40. The monoisotopic (exact) mass is 396 g/mol. The first-order valence-electron chi connectivity index (χ1n) is 9.18. The molecule has 0 aliphatic heterocycles. The van der Waals surface area contributed by atoms with Crippen molar-refractivity contribution < 1.29 is 23.4 Å². The number of nitrogens with two attached hydrogens (primary N) is 1. The Hall–Kier alpha value is -3.45. The summed E-state index contributed by atoms with van der Waals surface area (Å²) in [5.74, 6) is 2.69. The van der Waals surface area contributed by atoms with Crippen molar-refractivity contribution in [1.82, 2.24) is 5.32 Å². The van der Waals surface area contributed by atoms with Gasteiger partial charge in [0.2, 0.25) is 0 Å². The second kappa shape index (κ2) is 9.66. The van der Waals surface area contributed by atoms with Gasteiger partial charge < -0.3 is 29.7 Å². The number of amides is 1. The van der Waals surface area contributed by atoms with Crippen LogP contribution in [0, 0.1) is 0 Å². The number of hydrogen-bond acceptors (Lipinski definition) is 6. The quantitative estimate of drug-likeness (QED) is 0.575. The first-order valence-corrected chi connectivity index (χ1v) is 9.18. The summed E-state index contributed by atoms with van der Waals surface area (Å²) in [5.41, 5.74) is 7.04. The number of methoxy groups -OCH3 is 2. The molecule has 0 atom stereocenters. The minimum atomic E-state index is -0.214. The van der Waals surface area contributed by atoms with Crippen LogP contribution in [0.4, 0.5) is 0 Å². The Morgan fingerprint density at radius 3 is 2.48 bits per heavy atom. The van der Waals surface area contributed by atoms with Gasteiger partial charge in [-0.2, -0.15) is 0 Å². The van der Waals surface area contributed by atoms with Crippen molar-refractivity contribution in [2.45, 2.75) is 13.0 Å². The van der Waals surface area contributed by atoms with Crippen LogP contribution >= 0.6 is 0 Å². The number of furan rings is 1. The summed E-state index contributed by atoms with van der Waals surface area (Å²) in [6.07, 6.45) is 2.22. The molecule has 1 amide bonds. The highest BCUT2D eigenvalue weighted by atomic mass is 16.5. The van der Waals surface area contributed by atoms with Crippen LogP contribution in [0.3, 0.4) is 0 Å². The van der Waals surface area contributed by atoms with Gasteiger partial charge in [0.15, 0.2) is 11.5 Å². The molecule has 3 rings (SSSR count). The Morgan fingerprint density at radius 2 is 1.79 bits per heavy atom. The van der Waals surface area contributed by atoms with Crippen molar-refractivity contribution in [3.63, 3.8) is 0 Å². The van der Waals surface area contributed by atoms with Gasteiger partial charge >= 0.3 is 0 Å². The van der Waals surface area contributed by atoms with Crippen LogP contribution in [0.1, 0.15) is 21.7 Å². The molecule has 0 aliphatic carbocycles. The van der Waals surface area contributed by atoms with Crippen molar-refractivity contribution in [2.24, 2.45) is 5.73 Å². The van der Waals surface area contributed by atoms with Gasteiger partial charge in [-0.25, -0.2) is 0 Å². The summed E-state index contributed by atoms with van der Waals surface area (Å²) >= 11 is 0. The molecule has 3 N–H and O–H groups in total. The standard InChI is InChI=1S/C22H24N2O5/c1-26-18-6-3-7-19(17(18)14-23)29-21-13-15(8-9-20(21)27-2)22(25)24-11-10-16-5-4-12-28-16/h3-9,12-13H,10-11,14,23H2,1-2H3,(H,24,25). The SMILES string of the molecule is COc1ccc(C(=O)NCCc2ccco2)cc1Oc1cccc(OC)c1CN. The van der Waals surface area contributed by atoms with Gasteiger partial charge in [-0.3, -0.25) is 4.79 Å². The third kappa shape index (κ3) is 4.89. The Balaban J connectivity index is 1.77. The highest BCUT2D eigenvalue weighted by Gasteiger charge is 2.15. The van der Waals surface area contributed by atoms with Crippen LogP contribution in [-0.4, -0.2) is 26.7 Å². The topological polar surface area (TPSA) is 96.0 Å². The maximum absolute atomic E-state index is 12.5. The van der Waals surface area contributed by atoms with Crippen molar-refractivity contribution in [2.75, 3.05) is 20.8 Å². The fourth-order valence-electron chi connectivity index (χ4n) is 2.91. The molecule has 0 bridgehead atoms. The number of hydrogen-bond donors (Lipinski definition) is 2. The first kappa shape index (κ1) is 20.3. The molecule has 0 aliphatic rings. The minimum Gasteiger partial charge on any atom is -0.496 e. The summed E-state index contributed by atoms with van der Waals surface area (Å²) in [6, 6.07) is 14.1. The molecule has 7 nitrogen and oxygen atoms in total. The minimum absolute atomic E-state index is 0.214. The van der Waals surface area contributed by atoms with Crippen LogP contribution in [0.2, 0.25) is 0 Å². The van der Waals surface area contributed by atoms with E-state index < -0.39 is 0 Å². The molecule has 0 unspecified atom stereocenters. The average Bonchev–Trinajstić information content (AvgIpc) is 3.27. The fourth-order valence-corrected chi connectivity index (χ4v) is 2.91. The lowest BCUT2D eigenvalue weighted by Crippen LogP contribution is -2.25. The van der Waals surface area contributed by atoms with Gasteiger partial charge in [-0.1, -0.05) is 6.07 Å². The zero-order valence-corrected chi connectivity index (χ0v) is 16.4. The summed E-state index contributed by atoms with van der Waals surface area (Å²) in [6.45, 7) is 0.705. The molecule has 1 heterocycles. The Morgan fingerprint density at radius 1 is 1.00 bits per heavy atom. The molecular formula is C22H24N2O5. The normalized spacial score (nSPS) is 10.4. The highest BCUT2D eigenvalue weighted by molar-refractivity contribution is 5.94. The van der Waals surface area contributed by atoms with E-state index in [1.807, 2.05) is 24.3 Å². The molecule has 3 aromatic rings. The Bertz CT molecular complexity index is 954. The smallest absolute Gasteiger partial charge is 0.251 e. The summed E-state index contributed by atoms with van der Waals surface area (Å²) in [5, 5.41) is 2.87. The molecule has 152 valence electrons. The second-order valence-electron chi connectivity index (χ2n) is 6.19. The number of benzene rings is 2. The van der Waals surface area contributed by atoms with Gasteiger partial charge in [-0.15, -0.1) is 0 Å². The average molecular weight is 396 g/mol. The summed E-state index contributed by atoms with van der Waals surface area (Å²) < 4.78 is 22.0. The van der Waals surface area contributed by atoms with E-state index in [4.69, 9.17) is 24.4 Å². The second-order valence-corrected chi connectivity index (χ2v) is 6.19. The zero-order chi connectivity index (χ0) is 20.6. The lowest BCUT2D eigenvalue weighted by Gasteiger charge is -2.16. The lowest BCUT2D eigenvalue weighted by atomic mass is 10.1. The van der Waals surface area contributed by atoms with Crippen molar-refractivity contribution in [1.29, 1.82) is 0 Å². The Kier molecular flexibility index (Phi) is 6.76. The number of carbonyl (C=O) groups excluding carboxylic acids is 1. The van der Waals surface area contributed by atoms with Gasteiger partial charge in [-0.05, 0) is 42.5 Å². The zero-order valence-electron chi connectivity index (χ0n) is 16.4. The van der Waals surface area contributed by atoms with Crippen LogP contribution in [-0.2, 0) is 13.0 Å². The number of nitrogens with one attached hydrogen (secondary N) is 1. The molecule has 29 heavy (non-hydrogen) atoms. The maximum Gasteiger partial charge on any atom is 0.251 e. The molecule has 0 saturated carbocycles. The van der Waals surface area contributed by atoms with E-state index in [1.54, 1.807) is 44.7 Å². The van der Waals surface area contributed by atoms with E-state index in [-0.39, 0.29) is 12.5 Å². The van der Waals surface area contributed by atoms with Crippen LogP contribution in [0.5, 0.6) is 23.0 Å². The number of carbonyl (C=O) groups is 1. The molecule has 0 radical (unpaired) electrons. The predicted molar refractivity (Wildman–Crippen MR) is 109 cm³/mol. The molecule has 2 aromatic carbocycles. The molecule has 0 saturated heterocycles. The predicted octanol–water partition coefficient (Wildman–Crippen LogP) is 3.52. The van der Waals surface area contributed by atoms with Crippen LogP contribution < -0.4 is 25.3 Å². The first-order chi connectivity index (χ1) is 14.2. The maximum atomic E-state index is 12.5. The van der Waals surface area contributed by atoms with Crippen molar-refractivity contribution in [3.8, 4) is 23.0 Å². The molecule has 0 spiro atoms. The number of rotatable bonds is 9. The molecular weight excluding hydrogens is 372 g/mol. The fraction of sp³-hybridized carbons (Fsp3) is 0.227. The molecule has 1 aromatic heterocycles. The van der Waals surface area contributed by atoms with Gasteiger partial charge in [0, 0.05) is 25.1 Å². The van der Waals surface area contributed by atoms with Crippen molar-refractivity contribution in [3.05, 3.63) is 71.7 Å². The highest BCUT2D eigenvalue weighted by Crippen LogP contribution is 2.36. The van der Waals surface area contributed by atoms with E-state index in [1.165, 1.54) is 0 Å². The number of ether oxygens (including phenoxy) is 3. The van der Waals surface area contributed by atoms with E-state index >= 15 is 0 Å².